The molecule has 0 saturated carbocycles. The standard InChI is InChI=1S/C16H21FN2O2/c17-12-4-1-5-13(10-12)19-9-3-7-15(16(19)21)18-8-2-6-14(20)11-18/h1,4-5,10,14-15,20H,2-3,6-9,11H2. The Labute approximate surface area is 124 Å². The van der Waals surface area contributed by atoms with E-state index in [1.54, 1.807) is 17.0 Å². The predicted octanol–water partition coefficient (Wildman–Crippen LogP) is 1.78. The van der Waals surface area contributed by atoms with Crippen molar-refractivity contribution in [2.24, 2.45) is 0 Å². The summed E-state index contributed by atoms with van der Waals surface area (Å²) in [6.45, 7) is 2.05. The highest BCUT2D eigenvalue weighted by atomic mass is 19.1. The number of halogens is 1. The number of nitrogens with zero attached hydrogens (tertiary/aromatic N) is 2. The van der Waals surface area contributed by atoms with Gasteiger partial charge in [-0.3, -0.25) is 9.69 Å². The monoisotopic (exact) mass is 292 g/mol. The summed E-state index contributed by atoms with van der Waals surface area (Å²) in [7, 11) is 0. The van der Waals surface area contributed by atoms with E-state index in [9.17, 15) is 14.3 Å². The van der Waals surface area contributed by atoms with Crippen LogP contribution in [-0.2, 0) is 4.79 Å². The fourth-order valence-electron chi connectivity index (χ4n) is 3.36. The summed E-state index contributed by atoms with van der Waals surface area (Å²) in [5, 5.41) is 9.80. The zero-order valence-electron chi connectivity index (χ0n) is 12.0. The van der Waals surface area contributed by atoms with E-state index in [0.29, 0.717) is 18.8 Å². The first kappa shape index (κ1) is 14.5. The van der Waals surface area contributed by atoms with Crippen LogP contribution in [0, 0.1) is 5.82 Å². The van der Waals surface area contributed by atoms with Crippen molar-refractivity contribution >= 4 is 11.6 Å². The molecule has 114 valence electrons. The number of anilines is 1. The maximum Gasteiger partial charge on any atom is 0.244 e. The summed E-state index contributed by atoms with van der Waals surface area (Å²) < 4.78 is 13.4. The van der Waals surface area contributed by atoms with E-state index in [2.05, 4.69) is 4.90 Å². The molecule has 21 heavy (non-hydrogen) atoms. The van der Waals surface area contributed by atoms with Gasteiger partial charge in [0.15, 0.2) is 0 Å². The molecule has 0 bridgehead atoms. The smallest absolute Gasteiger partial charge is 0.244 e. The number of β-amino-alcohol motifs (C(OH)–C–C–N with tert-alkyl or cyclic N) is 1. The molecule has 2 unspecified atom stereocenters. The number of hydrogen-bond acceptors (Lipinski definition) is 3. The third-order valence-electron chi connectivity index (χ3n) is 4.40. The van der Waals surface area contributed by atoms with Crippen LogP contribution in [0.25, 0.3) is 0 Å². The van der Waals surface area contributed by atoms with E-state index >= 15 is 0 Å². The number of piperidine rings is 2. The minimum atomic E-state index is -0.337. The van der Waals surface area contributed by atoms with Crippen LogP contribution in [0.15, 0.2) is 24.3 Å². The van der Waals surface area contributed by atoms with E-state index in [1.807, 2.05) is 0 Å². The molecule has 1 aromatic rings. The second-order valence-electron chi connectivity index (χ2n) is 5.92. The van der Waals surface area contributed by atoms with Gasteiger partial charge in [-0.2, -0.15) is 0 Å². The summed E-state index contributed by atoms with van der Waals surface area (Å²) in [5.41, 5.74) is 0.627. The lowest BCUT2D eigenvalue weighted by Gasteiger charge is -2.41. The zero-order valence-corrected chi connectivity index (χ0v) is 12.0. The molecule has 2 atom stereocenters. The van der Waals surface area contributed by atoms with Gasteiger partial charge in [0.25, 0.3) is 0 Å². The van der Waals surface area contributed by atoms with Gasteiger partial charge in [-0.05, 0) is 50.4 Å². The second-order valence-corrected chi connectivity index (χ2v) is 5.92. The van der Waals surface area contributed by atoms with Crippen molar-refractivity contribution in [3.8, 4) is 0 Å². The van der Waals surface area contributed by atoms with E-state index in [0.717, 1.165) is 32.2 Å². The number of rotatable bonds is 2. The van der Waals surface area contributed by atoms with Gasteiger partial charge < -0.3 is 10.0 Å². The summed E-state index contributed by atoms with van der Waals surface area (Å²) in [4.78, 5) is 16.5. The maximum atomic E-state index is 13.4. The van der Waals surface area contributed by atoms with Crippen molar-refractivity contribution in [2.45, 2.75) is 37.8 Å². The SMILES string of the molecule is O=C1C(N2CCCC(O)C2)CCCN1c1cccc(F)c1. The molecule has 0 aliphatic carbocycles. The van der Waals surface area contributed by atoms with Crippen LogP contribution in [0.4, 0.5) is 10.1 Å². The first-order chi connectivity index (χ1) is 10.1. The molecular formula is C16H21FN2O2. The van der Waals surface area contributed by atoms with Crippen LogP contribution in [-0.4, -0.2) is 47.7 Å². The second kappa shape index (κ2) is 6.12. The number of aliphatic hydroxyl groups is 1. The first-order valence-corrected chi connectivity index (χ1v) is 7.64. The van der Waals surface area contributed by atoms with Crippen molar-refractivity contribution in [1.82, 2.24) is 4.90 Å². The summed E-state index contributed by atoms with van der Waals surface area (Å²) in [6, 6.07) is 6.01. The van der Waals surface area contributed by atoms with Gasteiger partial charge in [0.1, 0.15) is 5.82 Å². The van der Waals surface area contributed by atoms with Gasteiger partial charge in [0, 0.05) is 18.8 Å². The molecule has 0 radical (unpaired) electrons. The van der Waals surface area contributed by atoms with Crippen molar-refractivity contribution < 1.29 is 14.3 Å². The number of carbonyl (C=O) groups excluding carboxylic acids is 1. The number of amides is 1. The number of hydrogen-bond donors (Lipinski definition) is 1. The van der Waals surface area contributed by atoms with Crippen LogP contribution < -0.4 is 4.90 Å². The summed E-state index contributed by atoms with van der Waals surface area (Å²) >= 11 is 0. The lowest BCUT2D eigenvalue weighted by molar-refractivity contribution is -0.126. The fourth-order valence-corrected chi connectivity index (χ4v) is 3.36. The molecule has 5 heteroatoms. The average molecular weight is 292 g/mol. The topological polar surface area (TPSA) is 43.8 Å². The van der Waals surface area contributed by atoms with Crippen molar-refractivity contribution in [1.29, 1.82) is 0 Å². The molecule has 0 spiro atoms. The highest BCUT2D eigenvalue weighted by Gasteiger charge is 2.35. The Bertz CT molecular complexity index is 523. The Morgan fingerprint density at radius 1 is 1.19 bits per heavy atom. The molecule has 1 N–H and O–H groups in total. The highest BCUT2D eigenvalue weighted by molar-refractivity contribution is 5.97. The van der Waals surface area contributed by atoms with Crippen molar-refractivity contribution in [3.05, 3.63) is 30.1 Å². The number of benzene rings is 1. The minimum absolute atomic E-state index is 0.0287. The van der Waals surface area contributed by atoms with Gasteiger partial charge >= 0.3 is 0 Å². The molecule has 1 amide bonds. The van der Waals surface area contributed by atoms with Crippen LogP contribution in [0.5, 0.6) is 0 Å². The Morgan fingerprint density at radius 2 is 2.00 bits per heavy atom. The quantitative estimate of drug-likeness (QED) is 0.903. The molecule has 2 saturated heterocycles. The summed E-state index contributed by atoms with van der Waals surface area (Å²) in [5.74, 6) is -0.295. The normalized spacial score (nSPS) is 27.9. The van der Waals surface area contributed by atoms with Gasteiger partial charge in [-0.15, -0.1) is 0 Å². The molecule has 2 aliphatic heterocycles. The molecule has 2 heterocycles. The number of aliphatic hydroxyl groups excluding tert-OH is 1. The number of likely N-dealkylation sites (tertiary alicyclic amines) is 1. The molecule has 2 fully saturated rings. The molecular weight excluding hydrogens is 271 g/mol. The molecule has 0 aromatic heterocycles. The van der Waals surface area contributed by atoms with Crippen LogP contribution >= 0.6 is 0 Å². The van der Waals surface area contributed by atoms with Crippen LogP contribution in [0.1, 0.15) is 25.7 Å². The minimum Gasteiger partial charge on any atom is -0.392 e. The molecule has 3 rings (SSSR count). The third-order valence-corrected chi connectivity index (χ3v) is 4.40. The average Bonchev–Trinajstić information content (AvgIpc) is 2.47. The van der Waals surface area contributed by atoms with E-state index in [1.165, 1.54) is 12.1 Å². The molecule has 1 aromatic carbocycles. The van der Waals surface area contributed by atoms with Crippen molar-refractivity contribution in [3.63, 3.8) is 0 Å². The number of carbonyl (C=O) groups is 1. The van der Waals surface area contributed by atoms with Crippen molar-refractivity contribution in [2.75, 3.05) is 24.5 Å². The van der Waals surface area contributed by atoms with Gasteiger partial charge in [0.2, 0.25) is 5.91 Å². The maximum absolute atomic E-state index is 13.4. The van der Waals surface area contributed by atoms with Gasteiger partial charge in [0.05, 0.1) is 12.1 Å². The predicted molar refractivity (Wildman–Crippen MR) is 78.6 cm³/mol. The zero-order chi connectivity index (χ0) is 14.8. The van der Waals surface area contributed by atoms with Crippen LogP contribution in [0.3, 0.4) is 0 Å². The van der Waals surface area contributed by atoms with Crippen LogP contribution in [0.2, 0.25) is 0 Å². The first-order valence-electron chi connectivity index (χ1n) is 7.64. The Kier molecular flexibility index (Phi) is 4.22. The largest absolute Gasteiger partial charge is 0.392 e. The van der Waals surface area contributed by atoms with Gasteiger partial charge in [-0.25, -0.2) is 4.39 Å². The molecule has 2 aliphatic rings. The Morgan fingerprint density at radius 3 is 2.76 bits per heavy atom. The van der Waals surface area contributed by atoms with E-state index < -0.39 is 0 Å². The van der Waals surface area contributed by atoms with Gasteiger partial charge in [-0.1, -0.05) is 6.07 Å². The van der Waals surface area contributed by atoms with E-state index in [4.69, 9.17) is 0 Å². The third kappa shape index (κ3) is 3.09. The Hall–Kier alpha value is -1.46. The lowest BCUT2D eigenvalue weighted by Crippen LogP contribution is -2.55. The Balaban J connectivity index is 1.77. The highest BCUT2D eigenvalue weighted by Crippen LogP contribution is 2.26. The van der Waals surface area contributed by atoms with E-state index in [-0.39, 0.29) is 23.9 Å². The molecule has 4 nitrogen and oxygen atoms in total. The summed E-state index contributed by atoms with van der Waals surface area (Å²) in [6.07, 6.45) is 3.11. The fraction of sp³-hybridized carbons (Fsp3) is 0.562. The lowest BCUT2D eigenvalue weighted by atomic mass is 9.98.